The van der Waals surface area contributed by atoms with E-state index < -0.39 is 24.8 Å². The van der Waals surface area contributed by atoms with E-state index in [1.807, 2.05) is 0 Å². The number of rotatable bonds is 10. The molecule has 0 atom stereocenters. The zero-order valence-electron chi connectivity index (χ0n) is 15.5. The molecule has 154 valence electrons. The Morgan fingerprint density at radius 2 is 1.62 bits per heavy atom. The van der Waals surface area contributed by atoms with Crippen LogP contribution >= 0.6 is 0 Å². The van der Waals surface area contributed by atoms with Gasteiger partial charge in [-0.05, 0) is 24.6 Å². The van der Waals surface area contributed by atoms with Gasteiger partial charge in [-0.25, -0.2) is 0 Å². The lowest BCUT2D eigenvalue weighted by Crippen LogP contribution is -2.15. The number of ether oxygens (including phenoxy) is 2. The second-order valence-electron chi connectivity index (χ2n) is 6.15. The zero-order chi connectivity index (χ0) is 21.6. The van der Waals surface area contributed by atoms with Gasteiger partial charge >= 0.3 is 5.97 Å². The van der Waals surface area contributed by atoms with Crippen molar-refractivity contribution >= 4 is 17.5 Å². The van der Waals surface area contributed by atoms with Crippen molar-refractivity contribution in [2.45, 2.75) is 19.3 Å². The monoisotopic (exact) mass is 404 g/mol. The summed E-state index contributed by atoms with van der Waals surface area (Å²) in [7, 11) is 1.39. The number of hydrogen-bond acceptors (Lipinski definition) is 8. The second kappa shape index (κ2) is 9.45. The number of aromatic hydroxyl groups is 3. The van der Waals surface area contributed by atoms with Crippen molar-refractivity contribution in [2.24, 2.45) is 0 Å². The van der Waals surface area contributed by atoms with Crippen molar-refractivity contribution in [3.8, 4) is 28.7 Å². The molecule has 0 bridgehead atoms. The largest absolute Gasteiger partial charge is 0.507 e. The molecule has 0 aliphatic rings. The fourth-order valence-corrected chi connectivity index (χ4v) is 2.59. The predicted molar refractivity (Wildman–Crippen MR) is 99.8 cm³/mol. The number of carboxylic acids is 1. The molecule has 0 aromatic heterocycles. The van der Waals surface area contributed by atoms with E-state index in [0.717, 1.165) is 12.1 Å². The minimum absolute atomic E-state index is 0.0154. The first-order valence-corrected chi connectivity index (χ1v) is 8.52. The van der Waals surface area contributed by atoms with E-state index in [9.17, 15) is 29.7 Å². The maximum Gasteiger partial charge on any atom is 0.311 e. The number of carbonyl (C=O) groups excluding carboxylic acids is 2. The van der Waals surface area contributed by atoms with Gasteiger partial charge in [-0.15, -0.1) is 0 Å². The van der Waals surface area contributed by atoms with Crippen LogP contribution in [-0.2, 0) is 16.0 Å². The van der Waals surface area contributed by atoms with E-state index in [1.165, 1.54) is 25.3 Å². The number of hydrogen-bond donors (Lipinski definition) is 4. The van der Waals surface area contributed by atoms with Gasteiger partial charge in [0.2, 0.25) is 0 Å². The van der Waals surface area contributed by atoms with Gasteiger partial charge in [-0.2, -0.15) is 0 Å². The molecular weight excluding hydrogens is 384 g/mol. The van der Waals surface area contributed by atoms with Gasteiger partial charge in [0, 0.05) is 29.7 Å². The van der Waals surface area contributed by atoms with Gasteiger partial charge < -0.3 is 29.9 Å². The maximum absolute atomic E-state index is 12.3. The Hall–Kier alpha value is -3.75. The van der Waals surface area contributed by atoms with Gasteiger partial charge in [0.25, 0.3) is 0 Å². The molecule has 0 heterocycles. The smallest absolute Gasteiger partial charge is 0.311 e. The minimum Gasteiger partial charge on any atom is -0.507 e. The van der Waals surface area contributed by atoms with Crippen LogP contribution in [0.3, 0.4) is 0 Å². The van der Waals surface area contributed by atoms with E-state index in [-0.39, 0.29) is 58.5 Å². The van der Waals surface area contributed by atoms with Gasteiger partial charge in [0.1, 0.15) is 30.3 Å². The molecule has 0 saturated heterocycles. The van der Waals surface area contributed by atoms with Crippen molar-refractivity contribution in [1.82, 2.24) is 0 Å². The number of benzene rings is 2. The molecule has 0 aliphatic heterocycles. The van der Waals surface area contributed by atoms with Crippen LogP contribution in [-0.4, -0.2) is 51.7 Å². The highest BCUT2D eigenvalue weighted by Gasteiger charge is 2.16. The third-order valence-electron chi connectivity index (χ3n) is 4.03. The SMILES string of the molecule is COc1ccc(C(=O)CCc2c(O)cc(OCC(=O)CC(=O)O)cc2O)cc1O. The Kier molecular flexibility index (Phi) is 7.02. The summed E-state index contributed by atoms with van der Waals surface area (Å²) in [5.74, 6) is -2.91. The Bertz CT molecular complexity index is 911. The van der Waals surface area contributed by atoms with Crippen LogP contribution in [0.4, 0.5) is 0 Å². The lowest BCUT2D eigenvalue weighted by atomic mass is 10.0. The van der Waals surface area contributed by atoms with Gasteiger partial charge in [-0.3, -0.25) is 14.4 Å². The first-order valence-electron chi connectivity index (χ1n) is 8.52. The zero-order valence-corrected chi connectivity index (χ0v) is 15.5. The molecule has 0 fully saturated rings. The molecule has 0 radical (unpaired) electrons. The highest BCUT2D eigenvalue weighted by molar-refractivity contribution is 5.97. The maximum atomic E-state index is 12.3. The average Bonchev–Trinajstić information content (AvgIpc) is 2.65. The van der Waals surface area contributed by atoms with Gasteiger partial charge in [0.15, 0.2) is 23.1 Å². The highest BCUT2D eigenvalue weighted by atomic mass is 16.5. The fraction of sp³-hybridized carbons (Fsp3) is 0.250. The van der Waals surface area contributed by atoms with E-state index in [4.69, 9.17) is 14.6 Å². The van der Waals surface area contributed by atoms with Crippen molar-refractivity contribution < 1.29 is 44.3 Å². The Morgan fingerprint density at radius 3 is 2.17 bits per heavy atom. The third kappa shape index (κ3) is 5.86. The van der Waals surface area contributed by atoms with Crippen LogP contribution < -0.4 is 9.47 Å². The lowest BCUT2D eigenvalue weighted by molar-refractivity contribution is -0.140. The number of ketones is 2. The third-order valence-corrected chi connectivity index (χ3v) is 4.03. The molecular formula is C20H20O9. The Balaban J connectivity index is 2.02. The molecule has 2 aromatic rings. The topological polar surface area (TPSA) is 151 Å². The minimum atomic E-state index is -1.28. The second-order valence-corrected chi connectivity index (χ2v) is 6.15. The van der Waals surface area contributed by atoms with E-state index in [0.29, 0.717) is 0 Å². The van der Waals surface area contributed by atoms with Crippen LogP contribution in [0.25, 0.3) is 0 Å². The molecule has 29 heavy (non-hydrogen) atoms. The molecule has 0 spiro atoms. The van der Waals surface area contributed by atoms with Crippen LogP contribution in [0.1, 0.15) is 28.8 Å². The molecule has 9 heteroatoms. The summed E-state index contributed by atoms with van der Waals surface area (Å²) < 4.78 is 9.99. The number of carboxylic acid groups (broad SMARTS) is 1. The number of phenols is 3. The van der Waals surface area contributed by atoms with Crippen molar-refractivity contribution in [2.75, 3.05) is 13.7 Å². The first-order chi connectivity index (χ1) is 13.7. The quantitative estimate of drug-likeness (QED) is 0.344. The predicted octanol–water partition coefficient (Wildman–Crippen LogP) is 2.05. The number of aliphatic carboxylic acids is 1. The van der Waals surface area contributed by atoms with E-state index >= 15 is 0 Å². The van der Waals surface area contributed by atoms with Crippen molar-refractivity contribution in [3.05, 3.63) is 41.5 Å². The summed E-state index contributed by atoms with van der Waals surface area (Å²) in [5, 5.41) is 38.5. The van der Waals surface area contributed by atoms with E-state index in [2.05, 4.69) is 0 Å². The number of methoxy groups -OCH3 is 1. The molecule has 9 nitrogen and oxygen atoms in total. The van der Waals surface area contributed by atoms with Gasteiger partial charge in [0.05, 0.1) is 7.11 Å². The molecule has 2 rings (SSSR count). The summed E-state index contributed by atoms with van der Waals surface area (Å²) >= 11 is 0. The molecule has 4 N–H and O–H groups in total. The molecule has 2 aromatic carbocycles. The lowest BCUT2D eigenvalue weighted by Gasteiger charge is -2.11. The molecule has 0 aliphatic carbocycles. The molecule has 0 saturated carbocycles. The summed E-state index contributed by atoms with van der Waals surface area (Å²) in [6, 6.07) is 6.53. The Morgan fingerprint density at radius 1 is 0.966 bits per heavy atom. The average molecular weight is 404 g/mol. The standard InChI is InChI=1S/C20H20O9/c1-28-19-5-2-11(6-18(19)25)15(22)4-3-14-16(23)8-13(9-17(14)24)29-10-12(21)7-20(26)27/h2,5-6,8-9,23-25H,3-4,7,10H2,1H3,(H,26,27). The van der Waals surface area contributed by atoms with Crippen LogP contribution in [0, 0.1) is 0 Å². The van der Waals surface area contributed by atoms with Crippen molar-refractivity contribution in [1.29, 1.82) is 0 Å². The highest BCUT2D eigenvalue weighted by Crippen LogP contribution is 2.34. The first kappa shape index (κ1) is 21.5. The summed E-state index contributed by atoms with van der Waals surface area (Å²) in [5.41, 5.74) is 0.361. The Labute approximate surface area is 165 Å². The summed E-state index contributed by atoms with van der Waals surface area (Å²) in [4.78, 5) is 34.1. The van der Waals surface area contributed by atoms with Gasteiger partial charge in [-0.1, -0.05) is 0 Å². The van der Waals surface area contributed by atoms with Crippen LogP contribution in [0.2, 0.25) is 0 Å². The number of phenolic OH excluding ortho intramolecular Hbond substituents is 3. The molecule has 0 amide bonds. The summed E-state index contributed by atoms with van der Waals surface area (Å²) in [6.45, 7) is -0.524. The van der Waals surface area contributed by atoms with E-state index in [1.54, 1.807) is 0 Å². The number of carbonyl (C=O) groups is 3. The van der Waals surface area contributed by atoms with Crippen molar-refractivity contribution in [3.63, 3.8) is 0 Å². The number of Topliss-reactive ketones (excluding diaryl/α,β-unsaturated/α-hetero) is 2. The fourth-order valence-electron chi connectivity index (χ4n) is 2.59. The van der Waals surface area contributed by atoms with Crippen LogP contribution in [0.15, 0.2) is 30.3 Å². The summed E-state index contributed by atoms with van der Waals surface area (Å²) in [6.07, 6.45) is -0.731. The normalized spacial score (nSPS) is 10.4. The molecule has 0 unspecified atom stereocenters. The van der Waals surface area contributed by atoms with Crippen LogP contribution in [0.5, 0.6) is 28.7 Å².